The number of benzene rings is 3. The molecule has 0 bridgehead atoms. The van der Waals surface area contributed by atoms with E-state index in [0.717, 1.165) is 11.4 Å². The highest BCUT2D eigenvalue weighted by Crippen LogP contribution is 2.40. The molecule has 0 radical (unpaired) electrons. The minimum Gasteiger partial charge on any atom is -0.454 e. The normalized spacial score (nSPS) is 15.1. The molecule has 2 heterocycles. The van der Waals surface area contributed by atoms with Crippen LogP contribution in [0.15, 0.2) is 65.7 Å². The van der Waals surface area contributed by atoms with E-state index in [4.69, 9.17) is 37.7 Å². The van der Waals surface area contributed by atoms with Crippen LogP contribution >= 0.6 is 23.2 Å². The number of hydrogen-bond donors (Lipinski definition) is 1. The number of aliphatic imine (C=N–C) groups is 1. The molecule has 162 valence electrons. The number of nitrogens with one attached hydrogen (secondary N) is 1. The molecule has 8 heteroatoms. The molecule has 2 aliphatic heterocycles. The van der Waals surface area contributed by atoms with E-state index in [9.17, 15) is 4.79 Å². The molecule has 3 aromatic carbocycles. The van der Waals surface area contributed by atoms with E-state index in [0.29, 0.717) is 64.8 Å². The van der Waals surface area contributed by atoms with Gasteiger partial charge >= 0.3 is 0 Å². The zero-order valence-electron chi connectivity index (χ0n) is 17.0. The molecule has 3 aromatic rings. The van der Waals surface area contributed by atoms with Gasteiger partial charge in [0, 0.05) is 34.4 Å². The van der Waals surface area contributed by atoms with Crippen LogP contribution in [0.1, 0.15) is 15.9 Å². The number of carbonyl (C=O) groups is 1. The Kier molecular flexibility index (Phi) is 5.74. The summed E-state index contributed by atoms with van der Waals surface area (Å²) in [5.74, 6) is 1.77. The number of amides is 1. The third-order valence-electron chi connectivity index (χ3n) is 5.24. The summed E-state index contributed by atoms with van der Waals surface area (Å²) in [6.45, 7) is 2.63. The number of halogens is 2. The number of carbonyl (C=O) groups excluding carboxylic acids is 1. The first-order chi connectivity index (χ1) is 15.6. The molecule has 0 aliphatic carbocycles. The van der Waals surface area contributed by atoms with Gasteiger partial charge < -0.3 is 19.7 Å². The van der Waals surface area contributed by atoms with Crippen LogP contribution in [-0.4, -0.2) is 42.9 Å². The Morgan fingerprint density at radius 3 is 2.53 bits per heavy atom. The molecule has 0 aromatic heterocycles. The highest BCUT2D eigenvalue weighted by atomic mass is 35.5. The van der Waals surface area contributed by atoms with Crippen LogP contribution in [0.4, 0.5) is 11.4 Å². The summed E-state index contributed by atoms with van der Waals surface area (Å²) in [5.41, 5.74) is 2.54. The minimum atomic E-state index is -0.248. The van der Waals surface area contributed by atoms with E-state index in [2.05, 4.69) is 10.2 Å². The minimum absolute atomic E-state index is 0.248. The van der Waals surface area contributed by atoms with E-state index in [1.54, 1.807) is 42.5 Å². The number of rotatable bonds is 2. The SMILES string of the molecule is O=C(Nc1ccc2c(c1)C(N1CCOCC1)=Nc1cc(Cl)ccc1O2)c1cccc(Cl)c1. The molecule has 0 saturated carbocycles. The average molecular weight is 468 g/mol. The lowest BCUT2D eigenvalue weighted by atomic mass is 10.1. The van der Waals surface area contributed by atoms with Crippen molar-refractivity contribution in [3.05, 3.63) is 81.8 Å². The van der Waals surface area contributed by atoms with Gasteiger partial charge in [-0.3, -0.25) is 4.79 Å². The molecule has 1 amide bonds. The van der Waals surface area contributed by atoms with Crippen molar-refractivity contribution >= 4 is 46.3 Å². The smallest absolute Gasteiger partial charge is 0.255 e. The molecule has 6 nitrogen and oxygen atoms in total. The first kappa shape index (κ1) is 20.8. The lowest BCUT2D eigenvalue weighted by Gasteiger charge is -2.30. The molecular formula is C24H19Cl2N3O3. The highest BCUT2D eigenvalue weighted by molar-refractivity contribution is 6.31. The molecule has 0 spiro atoms. The van der Waals surface area contributed by atoms with Gasteiger partial charge in [0.1, 0.15) is 17.3 Å². The van der Waals surface area contributed by atoms with Gasteiger partial charge in [0.2, 0.25) is 0 Å². The molecule has 1 saturated heterocycles. The van der Waals surface area contributed by atoms with Crippen LogP contribution in [0.5, 0.6) is 11.5 Å². The zero-order chi connectivity index (χ0) is 22.1. The van der Waals surface area contributed by atoms with Gasteiger partial charge in [-0.2, -0.15) is 0 Å². The maximum absolute atomic E-state index is 12.7. The lowest BCUT2D eigenvalue weighted by molar-refractivity contribution is 0.0683. The second kappa shape index (κ2) is 8.82. The molecule has 1 fully saturated rings. The summed E-state index contributed by atoms with van der Waals surface area (Å²) in [6.07, 6.45) is 0. The maximum atomic E-state index is 12.7. The van der Waals surface area contributed by atoms with Crippen molar-refractivity contribution in [3.8, 4) is 11.5 Å². The Balaban J connectivity index is 1.54. The van der Waals surface area contributed by atoms with Crippen molar-refractivity contribution in [3.63, 3.8) is 0 Å². The zero-order valence-corrected chi connectivity index (χ0v) is 18.5. The van der Waals surface area contributed by atoms with Gasteiger partial charge in [-0.05, 0) is 54.6 Å². The van der Waals surface area contributed by atoms with E-state index in [1.807, 2.05) is 18.2 Å². The summed E-state index contributed by atoms with van der Waals surface area (Å²) < 4.78 is 11.7. The van der Waals surface area contributed by atoms with E-state index in [-0.39, 0.29) is 5.91 Å². The average Bonchev–Trinajstić information content (AvgIpc) is 2.96. The quantitative estimate of drug-likeness (QED) is 0.520. The van der Waals surface area contributed by atoms with Gasteiger partial charge in [0.15, 0.2) is 5.75 Å². The first-order valence-corrected chi connectivity index (χ1v) is 10.9. The van der Waals surface area contributed by atoms with Crippen molar-refractivity contribution in [2.24, 2.45) is 4.99 Å². The number of nitrogens with zero attached hydrogens (tertiary/aromatic N) is 2. The Labute approximate surface area is 195 Å². The highest BCUT2D eigenvalue weighted by Gasteiger charge is 2.25. The van der Waals surface area contributed by atoms with Crippen LogP contribution in [-0.2, 0) is 4.74 Å². The van der Waals surface area contributed by atoms with Gasteiger partial charge in [-0.25, -0.2) is 4.99 Å². The van der Waals surface area contributed by atoms with Crippen LogP contribution in [0.2, 0.25) is 10.0 Å². The van der Waals surface area contributed by atoms with Gasteiger partial charge in [-0.15, -0.1) is 0 Å². The molecule has 1 N–H and O–H groups in total. The predicted molar refractivity (Wildman–Crippen MR) is 126 cm³/mol. The molecule has 0 unspecified atom stereocenters. The summed E-state index contributed by atoms with van der Waals surface area (Å²) in [7, 11) is 0. The van der Waals surface area contributed by atoms with Gasteiger partial charge in [0.25, 0.3) is 5.91 Å². The molecule has 2 aliphatic rings. The van der Waals surface area contributed by atoms with E-state index in [1.165, 1.54) is 0 Å². The molecule has 5 rings (SSSR count). The van der Waals surface area contributed by atoms with Crippen molar-refractivity contribution in [2.75, 3.05) is 31.6 Å². The standard InChI is InChI=1S/C24H19Cl2N3O3/c25-16-3-1-2-15(12-16)24(30)27-18-5-7-21-19(14-18)23(29-8-10-31-11-9-29)28-20-13-17(26)4-6-22(20)32-21/h1-7,12-14H,8-11H2,(H,27,30). The Hall–Kier alpha value is -3.06. The molecule has 32 heavy (non-hydrogen) atoms. The number of fused-ring (bicyclic) bond motifs is 2. The second-order valence-corrected chi connectivity index (χ2v) is 8.30. The third-order valence-corrected chi connectivity index (χ3v) is 5.71. The Morgan fingerprint density at radius 2 is 1.72 bits per heavy atom. The van der Waals surface area contributed by atoms with Crippen molar-refractivity contribution < 1.29 is 14.3 Å². The number of morpholine rings is 1. The summed E-state index contributed by atoms with van der Waals surface area (Å²) in [6, 6.07) is 17.7. The third kappa shape index (κ3) is 4.30. The van der Waals surface area contributed by atoms with Crippen molar-refractivity contribution in [1.29, 1.82) is 0 Å². The van der Waals surface area contributed by atoms with Gasteiger partial charge in [0.05, 0.1) is 18.8 Å². The number of amidine groups is 1. The number of ether oxygens (including phenoxy) is 2. The Bertz CT molecular complexity index is 1220. The maximum Gasteiger partial charge on any atom is 0.255 e. The Morgan fingerprint density at radius 1 is 0.938 bits per heavy atom. The second-order valence-electron chi connectivity index (χ2n) is 7.42. The topological polar surface area (TPSA) is 63.2 Å². The number of anilines is 1. The monoisotopic (exact) mass is 467 g/mol. The van der Waals surface area contributed by atoms with Crippen molar-refractivity contribution in [2.45, 2.75) is 0 Å². The van der Waals surface area contributed by atoms with Crippen molar-refractivity contribution in [1.82, 2.24) is 4.90 Å². The fourth-order valence-corrected chi connectivity index (χ4v) is 4.03. The summed E-state index contributed by atoms with van der Waals surface area (Å²) >= 11 is 12.2. The molecule has 0 atom stereocenters. The predicted octanol–water partition coefficient (Wildman–Crippen LogP) is 5.76. The van der Waals surface area contributed by atoms with Crippen LogP contribution < -0.4 is 10.1 Å². The summed E-state index contributed by atoms with van der Waals surface area (Å²) in [5, 5.41) is 4.02. The lowest BCUT2D eigenvalue weighted by Crippen LogP contribution is -2.41. The fraction of sp³-hybridized carbons (Fsp3) is 0.167. The van der Waals surface area contributed by atoms with Crippen LogP contribution in [0, 0.1) is 0 Å². The van der Waals surface area contributed by atoms with E-state index >= 15 is 0 Å². The molecular weight excluding hydrogens is 449 g/mol. The number of hydrogen-bond acceptors (Lipinski definition) is 5. The first-order valence-electron chi connectivity index (χ1n) is 10.2. The summed E-state index contributed by atoms with van der Waals surface area (Å²) in [4.78, 5) is 19.8. The van der Waals surface area contributed by atoms with E-state index < -0.39 is 0 Å². The fourth-order valence-electron chi connectivity index (χ4n) is 3.68. The van der Waals surface area contributed by atoms with Gasteiger partial charge in [-0.1, -0.05) is 29.3 Å². The van der Waals surface area contributed by atoms with Crippen LogP contribution in [0.3, 0.4) is 0 Å². The van der Waals surface area contributed by atoms with Crippen LogP contribution in [0.25, 0.3) is 0 Å². The largest absolute Gasteiger partial charge is 0.454 e.